The van der Waals surface area contributed by atoms with Gasteiger partial charge in [-0.05, 0) is 19.4 Å². The van der Waals surface area contributed by atoms with E-state index < -0.39 is 0 Å². The largest absolute Gasteiger partial charge is 0.394 e. The summed E-state index contributed by atoms with van der Waals surface area (Å²) >= 11 is 0. The van der Waals surface area contributed by atoms with Crippen LogP contribution in [0.4, 0.5) is 0 Å². The second-order valence-corrected chi connectivity index (χ2v) is 5.15. The van der Waals surface area contributed by atoms with Crippen LogP contribution in [-0.2, 0) is 4.74 Å². The molecule has 1 aliphatic rings. The van der Waals surface area contributed by atoms with E-state index in [2.05, 4.69) is 4.90 Å². The van der Waals surface area contributed by atoms with Gasteiger partial charge in [0.15, 0.2) is 5.78 Å². The van der Waals surface area contributed by atoms with Crippen molar-refractivity contribution in [2.75, 3.05) is 26.3 Å². The summed E-state index contributed by atoms with van der Waals surface area (Å²) in [5.41, 5.74) is 1.79. The lowest BCUT2D eigenvalue weighted by molar-refractivity contribution is -0.0747. The number of ketones is 1. The van der Waals surface area contributed by atoms with Gasteiger partial charge in [-0.2, -0.15) is 0 Å². The fourth-order valence-corrected chi connectivity index (χ4v) is 2.36. The molecule has 0 amide bonds. The van der Waals surface area contributed by atoms with Gasteiger partial charge >= 0.3 is 0 Å². The third-order valence-electron chi connectivity index (χ3n) is 3.63. The molecule has 0 saturated carbocycles. The summed E-state index contributed by atoms with van der Waals surface area (Å²) in [7, 11) is 0. The lowest BCUT2D eigenvalue weighted by Gasteiger charge is -2.36. The second-order valence-electron chi connectivity index (χ2n) is 5.15. The molecule has 19 heavy (non-hydrogen) atoms. The minimum Gasteiger partial charge on any atom is -0.394 e. The first kappa shape index (κ1) is 14.2. The van der Waals surface area contributed by atoms with Gasteiger partial charge in [0.2, 0.25) is 0 Å². The van der Waals surface area contributed by atoms with Gasteiger partial charge in [0, 0.05) is 18.2 Å². The molecule has 0 aromatic heterocycles. The Hall–Kier alpha value is -1.23. The average Bonchev–Trinajstić information content (AvgIpc) is 2.41. The van der Waals surface area contributed by atoms with Crippen LogP contribution in [0.25, 0.3) is 0 Å². The third kappa shape index (κ3) is 3.41. The van der Waals surface area contributed by atoms with Crippen LogP contribution in [0, 0.1) is 6.92 Å². The third-order valence-corrected chi connectivity index (χ3v) is 3.63. The summed E-state index contributed by atoms with van der Waals surface area (Å²) in [6.07, 6.45) is -0.180. The highest BCUT2D eigenvalue weighted by Crippen LogP contribution is 2.14. The molecule has 1 aromatic rings. The molecule has 0 bridgehead atoms. The van der Waals surface area contributed by atoms with Crippen molar-refractivity contribution in [1.82, 2.24) is 4.90 Å². The highest BCUT2D eigenvalue weighted by molar-refractivity contribution is 5.98. The van der Waals surface area contributed by atoms with Gasteiger partial charge < -0.3 is 9.84 Å². The molecule has 0 spiro atoms. The predicted octanol–water partition coefficient (Wildman–Crippen LogP) is 1.26. The number of rotatable bonds is 4. The molecule has 1 aliphatic heterocycles. The molecule has 1 heterocycles. The number of morpholine rings is 1. The Morgan fingerprint density at radius 1 is 1.47 bits per heavy atom. The van der Waals surface area contributed by atoms with Gasteiger partial charge in [-0.1, -0.05) is 24.3 Å². The fourth-order valence-electron chi connectivity index (χ4n) is 2.36. The SMILES string of the molecule is Cc1ccccc1C(=O)CN1CC(CO)OCC1C. The monoisotopic (exact) mass is 263 g/mol. The Morgan fingerprint density at radius 3 is 2.89 bits per heavy atom. The van der Waals surface area contributed by atoms with Gasteiger partial charge in [-0.25, -0.2) is 0 Å². The maximum Gasteiger partial charge on any atom is 0.177 e. The Balaban J connectivity index is 2.03. The number of Topliss-reactive ketones (excluding diaryl/α,β-unsaturated/α-hetero) is 1. The molecule has 0 aliphatic carbocycles. The van der Waals surface area contributed by atoms with Gasteiger partial charge in [0.1, 0.15) is 0 Å². The van der Waals surface area contributed by atoms with E-state index in [4.69, 9.17) is 9.84 Å². The number of aliphatic hydroxyl groups is 1. The minimum absolute atomic E-state index is 0.00176. The number of carbonyl (C=O) groups is 1. The molecule has 2 unspecified atom stereocenters. The maximum atomic E-state index is 12.3. The zero-order valence-electron chi connectivity index (χ0n) is 11.5. The Kier molecular flexibility index (Phi) is 4.69. The molecule has 1 N–H and O–H groups in total. The van der Waals surface area contributed by atoms with E-state index in [1.165, 1.54) is 0 Å². The number of ether oxygens (including phenoxy) is 1. The fraction of sp³-hybridized carbons (Fsp3) is 0.533. The lowest BCUT2D eigenvalue weighted by Crippen LogP contribution is -2.51. The number of hydrogen-bond donors (Lipinski definition) is 1. The molecule has 104 valence electrons. The van der Waals surface area contributed by atoms with E-state index in [1.807, 2.05) is 38.1 Å². The summed E-state index contributed by atoms with van der Waals surface area (Å²) in [4.78, 5) is 14.4. The van der Waals surface area contributed by atoms with E-state index in [0.29, 0.717) is 19.7 Å². The highest BCUT2D eigenvalue weighted by Gasteiger charge is 2.27. The Bertz CT molecular complexity index is 447. The van der Waals surface area contributed by atoms with Gasteiger partial charge in [0.25, 0.3) is 0 Å². The molecule has 2 rings (SSSR count). The Labute approximate surface area is 114 Å². The summed E-state index contributed by atoms with van der Waals surface area (Å²) in [5, 5.41) is 9.15. The smallest absolute Gasteiger partial charge is 0.177 e. The van der Waals surface area contributed by atoms with E-state index in [9.17, 15) is 4.79 Å². The standard InChI is InChI=1S/C15H21NO3/c1-11-5-3-4-6-14(11)15(18)8-16-7-13(9-17)19-10-12(16)2/h3-6,12-13,17H,7-10H2,1-2H3. The van der Waals surface area contributed by atoms with Crippen LogP contribution in [0.15, 0.2) is 24.3 Å². The van der Waals surface area contributed by atoms with Gasteiger partial charge in [-0.3, -0.25) is 9.69 Å². The molecule has 1 saturated heterocycles. The molecule has 1 aromatic carbocycles. The number of aryl methyl sites for hydroxylation is 1. The summed E-state index contributed by atoms with van der Waals surface area (Å²) < 4.78 is 5.48. The minimum atomic E-state index is -0.180. The van der Waals surface area contributed by atoms with E-state index in [1.54, 1.807) is 0 Å². The quantitative estimate of drug-likeness (QED) is 0.831. The topological polar surface area (TPSA) is 49.8 Å². The van der Waals surface area contributed by atoms with E-state index >= 15 is 0 Å². The Morgan fingerprint density at radius 2 is 2.21 bits per heavy atom. The first-order valence-corrected chi connectivity index (χ1v) is 6.67. The van der Waals surface area contributed by atoms with Crippen molar-refractivity contribution in [1.29, 1.82) is 0 Å². The molecular weight excluding hydrogens is 242 g/mol. The number of aliphatic hydroxyl groups excluding tert-OH is 1. The molecule has 0 radical (unpaired) electrons. The number of carbonyl (C=O) groups excluding carboxylic acids is 1. The van der Waals surface area contributed by atoms with Crippen LogP contribution in [0.1, 0.15) is 22.8 Å². The van der Waals surface area contributed by atoms with E-state index in [-0.39, 0.29) is 24.5 Å². The van der Waals surface area contributed by atoms with Crippen molar-refractivity contribution in [3.63, 3.8) is 0 Å². The second kappa shape index (κ2) is 6.28. The van der Waals surface area contributed by atoms with Crippen LogP contribution in [-0.4, -0.2) is 54.2 Å². The number of nitrogens with zero attached hydrogens (tertiary/aromatic N) is 1. The number of hydrogen-bond acceptors (Lipinski definition) is 4. The zero-order chi connectivity index (χ0) is 13.8. The van der Waals surface area contributed by atoms with Crippen molar-refractivity contribution in [3.05, 3.63) is 35.4 Å². The van der Waals surface area contributed by atoms with Gasteiger partial charge in [0.05, 0.1) is 25.9 Å². The predicted molar refractivity (Wildman–Crippen MR) is 73.4 cm³/mol. The molecular formula is C15H21NO3. The lowest BCUT2D eigenvalue weighted by atomic mass is 10.0. The van der Waals surface area contributed by atoms with Crippen molar-refractivity contribution in [2.24, 2.45) is 0 Å². The molecule has 2 atom stereocenters. The summed E-state index contributed by atoms with van der Waals surface area (Å²) in [5.74, 6) is 0.128. The average molecular weight is 263 g/mol. The normalized spacial score (nSPS) is 24.4. The molecule has 1 fully saturated rings. The van der Waals surface area contributed by atoms with Crippen molar-refractivity contribution < 1.29 is 14.6 Å². The zero-order valence-corrected chi connectivity index (χ0v) is 11.5. The highest BCUT2D eigenvalue weighted by atomic mass is 16.5. The summed E-state index contributed by atoms with van der Waals surface area (Å²) in [6.45, 7) is 5.54. The molecule has 4 nitrogen and oxygen atoms in total. The van der Waals surface area contributed by atoms with E-state index in [0.717, 1.165) is 11.1 Å². The maximum absolute atomic E-state index is 12.3. The first-order valence-electron chi connectivity index (χ1n) is 6.67. The van der Waals surface area contributed by atoms with Crippen molar-refractivity contribution in [2.45, 2.75) is 26.0 Å². The molecule has 4 heteroatoms. The first-order chi connectivity index (χ1) is 9.11. The van der Waals surface area contributed by atoms with Crippen molar-refractivity contribution >= 4 is 5.78 Å². The van der Waals surface area contributed by atoms with Crippen LogP contribution < -0.4 is 0 Å². The van der Waals surface area contributed by atoms with Crippen molar-refractivity contribution in [3.8, 4) is 0 Å². The van der Waals surface area contributed by atoms with Gasteiger partial charge in [-0.15, -0.1) is 0 Å². The number of benzene rings is 1. The summed E-state index contributed by atoms with van der Waals surface area (Å²) in [6, 6.07) is 7.85. The van der Waals surface area contributed by atoms with Crippen LogP contribution in [0.2, 0.25) is 0 Å². The van der Waals surface area contributed by atoms with Crippen LogP contribution >= 0.6 is 0 Å². The van der Waals surface area contributed by atoms with Crippen LogP contribution in [0.3, 0.4) is 0 Å². The van der Waals surface area contributed by atoms with Crippen LogP contribution in [0.5, 0.6) is 0 Å².